The average Bonchev–Trinajstić information content (AvgIpc) is 2.03. The quantitative estimate of drug-likeness (QED) is 0.587. The summed E-state index contributed by atoms with van der Waals surface area (Å²) in [6, 6.07) is 0. The van der Waals surface area contributed by atoms with Crippen LogP contribution in [0, 0.1) is 0 Å². The van der Waals surface area contributed by atoms with E-state index in [1.807, 2.05) is 20.8 Å². The minimum Gasteiger partial charge on any atom is -0.458 e. The van der Waals surface area contributed by atoms with Gasteiger partial charge in [-0.2, -0.15) is 0 Å². The first kappa shape index (κ1) is 10.5. The van der Waals surface area contributed by atoms with Crippen LogP contribution in [0.25, 0.3) is 0 Å². The van der Waals surface area contributed by atoms with E-state index in [0.717, 1.165) is 19.3 Å². The summed E-state index contributed by atoms with van der Waals surface area (Å²) in [7, 11) is 0. The van der Waals surface area contributed by atoms with Crippen LogP contribution in [0.1, 0.15) is 40.0 Å². The summed E-state index contributed by atoms with van der Waals surface area (Å²) in [6.45, 7) is 6.29. The second-order valence-electron chi connectivity index (χ2n) is 4.39. The molecule has 0 saturated carbocycles. The van der Waals surface area contributed by atoms with Gasteiger partial charge in [-0.05, 0) is 40.0 Å². The van der Waals surface area contributed by atoms with Crippen LogP contribution in [0.2, 0.25) is 0 Å². The minimum atomic E-state index is -0.405. The molecule has 0 aliphatic carbocycles. The molecule has 0 radical (unpaired) electrons. The molecule has 0 N–H and O–H groups in total. The number of esters is 1. The highest BCUT2D eigenvalue weighted by atomic mass is 16.6. The van der Waals surface area contributed by atoms with Gasteiger partial charge in [-0.1, -0.05) is 0 Å². The lowest BCUT2D eigenvalue weighted by Gasteiger charge is -2.26. The third kappa shape index (κ3) is 3.77. The number of carbonyl (C=O) groups excluding carboxylic acids is 1. The highest BCUT2D eigenvalue weighted by molar-refractivity contribution is 5.75. The van der Waals surface area contributed by atoms with Gasteiger partial charge in [-0.15, -0.1) is 0 Å². The molecular formula is C10H18O3. The third-order valence-electron chi connectivity index (χ3n) is 1.85. The standard InChI is InChI=1S/C10H18O3/c1-10(2,3)13-9(11)8-6-4-5-7-12-8/h8H,4-7H2,1-3H3. The molecule has 1 atom stereocenters. The van der Waals surface area contributed by atoms with Crippen molar-refractivity contribution in [3.63, 3.8) is 0 Å². The molecule has 0 aromatic heterocycles. The summed E-state index contributed by atoms with van der Waals surface area (Å²) >= 11 is 0. The Morgan fingerprint density at radius 1 is 1.38 bits per heavy atom. The van der Waals surface area contributed by atoms with Crippen LogP contribution in [0.3, 0.4) is 0 Å². The Morgan fingerprint density at radius 3 is 2.54 bits per heavy atom. The summed E-state index contributed by atoms with van der Waals surface area (Å²) in [5.41, 5.74) is -0.405. The van der Waals surface area contributed by atoms with Gasteiger partial charge in [0.15, 0.2) is 6.10 Å². The molecule has 1 unspecified atom stereocenters. The molecule has 1 aliphatic heterocycles. The van der Waals surface area contributed by atoms with Crippen LogP contribution < -0.4 is 0 Å². The van der Waals surface area contributed by atoms with E-state index in [1.165, 1.54) is 0 Å². The Labute approximate surface area is 79.4 Å². The minimum absolute atomic E-state index is 0.216. The first-order valence-electron chi connectivity index (χ1n) is 4.83. The van der Waals surface area contributed by atoms with Gasteiger partial charge in [0, 0.05) is 6.61 Å². The van der Waals surface area contributed by atoms with Crippen LogP contribution in [0.15, 0.2) is 0 Å². The van der Waals surface area contributed by atoms with Gasteiger partial charge in [0.2, 0.25) is 0 Å². The maximum Gasteiger partial charge on any atom is 0.335 e. The van der Waals surface area contributed by atoms with Crippen LogP contribution >= 0.6 is 0 Å². The fourth-order valence-corrected chi connectivity index (χ4v) is 1.29. The first-order valence-corrected chi connectivity index (χ1v) is 4.83. The third-order valence-corrected chi connectivity index (χ3v) is 1.85. The monoisotopic (exact) mass is 186 g/mol. The maximum atomic E-state index is 11.5. The largest absolute Gasteiger partial charge is 0.458 e. The van der Waals surface area contributed by atoms with Crippen molar-refractivity contribution in [3.05, 3.63) is 0 Å². The van der Waals surface area contributed by atoms with Gasteiger partial charge in [0.05, 0.1) is 0 Å². The molecule has 76 valence electrons. The SMILES string of the molecule is CC(C)(C)OC(=O)C1CCCCO1. The van der Waals surface area contributed by atoms with E-state index in [-0.39, 0.29) is 12.1 Å². The van der Waals surface area contributed by atoms with Crippen LogP contribution in [-0.4, -0.2) is 24.3 Å². The predicted octanol–water partition coefficient (Wildman–Crippen LogP) is 1.90. The van der Waals surface area contributed by atoms with Gasteiger partial charge in [0.25, 0.3) is 0 Å². The topological polar surface area (TPSA) is 35.5 Å². The van der Waals surface area contributed by atoms with Crippen molar-refractivity contribution in [1.82, 2.24) is 0 Å². The van der Waals surface area contributed by atoms with E-state index < -0.39 is 5.60 Å². The summed E-state index contributed by atoms with van der Waals surface area (Å²) < 4.78 is 10.5. The summed E-state index contributed by atoms with van der Waals surface area (Å²) in [5, 5.41) is 0. The number of ether oxygens (including phenoxy) is 2. The molecule has 0 bridgehead atoms. The Morgan fingerprint density at radius 2 is 2.08 bits per heavy atom. The first-order chi connectivity index (χ1) is 5.99. The molecule has 1 saturated heterocycles. The smallest absolute Gasteiger partial charge is 0.335 e. The lowest BCUT2D eigenvalue weighted by atomic mass is 10.1. The summed E-state index contributed by atoms with van der Waals surface area (Å²) in [5.74, 6) is -0.216. The van der Waals surface area contributed by atoms with E-state index in [1.54, 1.807) is 0 Å². The fraction of sp³-hybridized carbons (Fsp3) is 0.900. The molecule has 0 amide bonds. The molecule has 1 fully saturated rings. The predicted molar refractivity (Wildman–Crippen MR) is 49.4 cm³/mol. The van der Waals surface area contributed by atoms with Crippen LogP contribution in [-0.2, 0) is 14.3 Å². The zero-order valence-corrected chi connectivity index (χ0v) is 8.63. The van der Waals surface area contributed by atoms with Gasteiger partial charge in [-0.3, -0.25) is 0 Å². The number of hydrogen-bond acceptors (Lipinski definition) is 3. The van der Waals surface area contributed by atoms with Gasteiger partial charge < -0.3 is 9.47 Å². The van der Waals surface area contributed by atoms with Gasteiger partial charge >= 0.3 is 5.97 Å². The number of rotatable bonds is 1. The highest BCUT2D eigenvalue weighted by Crippen LogP contribution is 2.17. The van der Waals surface area contributed by atoms with Crippen molar-refractivity contribution < 1.29 is 14.3 Å². The fourth-order valence-electron chi connectivity index (χ4n) is 1.29. The van der Waals surface area contributed by atoms with E-state index in [0.29, 0.717) is 6.61 Å². The van der Waals surface area contributed by atoms with E-state index in [2.05, 4.69) is 0 Å². The molecule has 1 rings (SSSR count). The molecule has 3 nitrogen and oxygen atoms in total. The second kappa shape index (κ2) is 4.09. The van der Waals surface area contributed by atoms with Crippen molar-refractivity contribution >= 4 is 5.97 Å². The molecule has 0 spiro atoms. The Balaban J connectivity index is 2.38. The molecule has 0 aromatic carbocycles. The molecule has 0 aromatic rings. The highest BCUT2D eigenvalue weighted by Gasteiger charge is 2.27. The maximum absolute atomic E-state index is 11.5. The Hall–Kier alpha value is -0.570. The van der Waals surface area contributed by atoms with Gasteiger partial charge in [0.1, 0.15) is 5.60 Å². The number of hydrogen-bond donors (Lipinski definition) is 0. The van der Waals surface area contributed by atoms with E-state index in [9.17, 15) is 4.79 Å². The summed E-state index contributed by atoms with van der Waals surface area (Å²) in [4.78, 5) is 11.5. The summed E-state index contributed by atoms with van der Waals surface area (Å²) in [6.07, 6.45) is 2.59. The lowest BCUT2D eigenvalue weighted by molar-refractivity contribution is -0.171. The van der Waals surface area contributed by atoms with Crippen molar-refractivity contribution in [2.24, 2.45) is 0 Å². The lowest BCUT2D eigenvalue weighted by Crippen LogP contribution is -2.35. The zero-order valence-electron chi connectivity index (χ0n) is 8.63. The van der Waals surface area contributed by atoms with E-state index >= 15 is 0 Å². The normalized spacial score (nSPS) is 24.1. The Kier molecular flexibility index (Phi) is 3.31. The molecule has 3 heteroatoms. The zero-order chi connectivity index (χ0) is 9.90. The number of carbonyl (C=O) groups is 1. The molecular weight excluding hydrogens is 168 g/mol. The van der Waals surface area contributed by atoms with Crippen molar-refractivity contribution in [3.8, 4) is 0 Å². The van der Waals surface area contributed by atoms with Crippen molar-refractivity contribution in [1.29, 1.82) is 0 Å². The molecule has 13 heavy (non-hydrogen) atoms. The van der Waals surface area contributed by atoms with Crippen molar-refractivity contribution in [2.75, 3.05) is 6.61 Å². The van der Waals surface area contributed by atoms with Crippen molar-refractivity contribution in [2.45, 2.75) is 51.7 Å². The molecule has 1 aliphatic rings. The van der Waals surface area contributed by atoms with Crippen LogP contribution in [0.5, 0.6) is 0 Å². The van der Waals surface area contributed by atoms with Crippen LogP contribution in [0.4, 0.5) is 0 Å². The second-order valence-corrected chi connectivity index (χ2v) is 4.39. The molecule has 1 heterocycles. The average molecular weight is 186 g/mol. The van der Waals surface area contributed by atoms with E-state index in [4.69, 9.17) is 9.47 Å². The Bertz CT molecular complexity index is 175. The van der Waals surface area contributed by atoms with Gasteiger partial charge in [-0.25, -0.2) is 4.79 Å².